The number of pyridine rings is 1. The van der Waals surface area contributed by atoms with Crippen LogP contribution in [-0.4, -0.2) is 4.98 Å². The van der Waals surface area contributed by atoms with Crippen LogP contribution in [0.25, 0.3) is 4.85 Å². The van der Waals surface area contributed by atoms with Crippen LogP contribution in [0.4, 0.5) is 11.5 Å². The topological polar surface area (TPSA) is 43.3 Å². The average Bonchev–Trinajstić information content (AvgIpc) is 2.01. The zero-order valence-electron chi connectivity index (χ0n) is 7.47. The van der Waals surface area contributed by atoms with E-state index in [9.17, 15) is 0 Å². The minimum Gasteiger partial charge on any atom is -0.384 e. The maximum atomic E-state index is 6.94. The Bertz CT molecular complexity index is 361. The molecule has 0 saturated heterocycles. The van der Waals surface area contributed by atoms with E-state index in [0.717, 1.165) is 11.1 Å². The van der Waals surface area contributed by atoms with Gasteiger partial charge in [0, 0.05) is 5.69 Å². The first kappa shape index (κ1) is 8.54. The highest BCUT2D eigenvalue weighted by Crippen LogP contribution is 2.27. The highest BCUT2D eigenvalue weighted by molar-refractivity contribution is 5.62. The minimum atomic E-state index is 0.525. The monoisotopic (exact) mass is 161 g/mol. The lowest BCUT2D eigenvalue weighted by Crippen LogP contribution is -1.98. The summed E-state index contributed by atoms with van der Waals surface area (Å²) >= 11 is 0. The third-order valence-electron chi connectivity index (χ3n) is 2.04. The van der Waals surface area contributed by atoms with Crippen LogP contribution in [0.5, 0.6) is 0 Å². The molecular weight excluding hydrogens is 150 g/mol. The molecule has 0 spiro atoms. The van der Waals surface area contributed by atoms with Gasteiger partial charge in [0.1, 0.15) is 5.82 Å². The van der Waals surface area contributed by atoms with Gasteiger partial charge in [-0.3, -0.25) is 0 Å². The van der Waals surface area contributed by atoms with Crippen molar-refractivity contribution >= 4 is 11.5 Å². The lowest BCUT2D eigenvalue weighted by molar-refractivity contribution is 1.16. The zero-order chi connectivity index (χ0) is 9.30. The van der Waals surface area contributed by atoms with Crippen LogP contribution >= 0.6 is 0 Å². The Labute approximate surface area is 72.1 Å². The fourth-order valence-electron chi connectivity index (χ4n) is 1.12. The lowest BCUT2D eigenvalue weighted by atomic mass is 10.1. The van der Waals surface area contributed by atoms with Crippen molar-refractivity contribution in [1.82, 2.24) is 4.98 Å². The second-order valence-corrected chi connectivity index (χ2v) is 2.79. The van der Waals surface area contributed by atoms with Crippen molar-refractivity contribution in [3.63, 3.8) is 0 Å². The fraction of sp³-hybridized carbons (Fsp3) is 0.333. The molecular formula is C9H11N3. The van der Waals surface area contributed by atoms with E-state index in [2.05, 4.69) is 9.83 Å². The van der Waals surface area contributed by atoms with Crippen molar-refractivity contribution in [2.24, 2.45) is 0 Å². The number of aromatic nitrogens is 1. The predicted molar refractivity (Wildman–Crippen MR) is 49.1 cm³/mol. The summed E-state index contributed by atoms with van der Waals surface area (Å²) in [5.41, 5.74) is 8.82. The number of aryl methyl sites for hydroxylation is 1. The average molecular weight is 161 g/mol. The molecule has 0 aliphatic heterocycles. The van der Waals surface area contributed by atoms with E-state index < -0.39 is 0 Å². The number of hydrogen-bond donors (Lipinski definition) is 1. The van der Waals surface area contributed by atoms with Crippen LogP contribution in [-0.2, 0) is 0 Å². The molecule has 0 saturated carbocycles. The molecule has 1 heterocycles. The van der Waals surface area contributed by atoms with Crippen molar-refractivity contribution in [2.75, 3.05) is 5.73 Å². The van der Waals surface area contributed by atoms with E-state index in [1.54, 1.807) is 6.92 Å². The van der Waals surface area contributed by atoms with Gasteiger partial charge in [-0.1, -0.05) is 0 Å². The maximum Gasteiger partial charge on any atom is 0.211 e. The summed E-state index contributed by atoms with van der Waals surface area (Å²) in [4.78, 5) is 7.47. The molecule has 0 bridgehead atoms. The van der Waals surface area contributed by atoms with Gasteiger partial charge in [-0.15, -0.1) is 0 Å². The second kappa shape index (κ2) is 2.82. The Morgan fingerprint density at radius 2 is 1.83 bits per heavy atom. The summed E-state index contributed by atoms with van der Waals surface area (Å²) in [6, 6.07) is 0. The Morgan fingerprint density at radius 1 is 1.25 bits per heavy atom. The van der Waals surface area contributed by atoms with Crippen molar-refractivity contribution < 1.29 is 0 Å². The second-order valence-electron chi connectivity index (χ2n) is 2.79. The van der Waals surface area contributed by atoms with E-state index >= 15 is 0 Å². The van der Waals surface area contributed by atoms with Gasteiger partial charge in [0.2, 0.25) is 5.69 Å². The molecule has 3 nitrogen and oxygen atoms in total. The van der Waals surface area contributed by atoms with Gasteiger partial charge in [0.05, 0.1) is 6.57 Å². The number of nitrogens with two attached hydrogens (primary N) is 1. The van der Waals surface area contributed by atoms with Gasteiger partial charge in [-0.05, 0) is 31.9 Å². The molecule has 1 aromatic rings. The van der Waals surface area contributed by atoms with Gasteiger partial charge in [-0.2, -0.15) is 0 Å². The molecule has 0 fully saturated rings. The normalized spacial score (nSPS) is 9.50. The summed E-state index contributed by atoms with van der Waals surface area (Å²) in [5, 5.41) is 0. The SMILES string of the molecule is [C-]#[N+]c1c(C)nc(N)c(C)c1C. The van der Waals surface area contributed by atoms with E-state index in [1.807, 2.05) is 13.8 Å². The molecule has 1 rings (SSSR count). The molecule has 0 atom stereocenters. The molecule has 0 aliphatic rings. The number of nitrogen functional groups attached to an aromatic ring is 1. The van der Waals surface area contributed by atoms with E-state index in [-0.39, 0.29) is 0 Å². The number of hydrogen-bond acceptors (Lipinski definition) is 2. The number of rotatable bonds is 0. The standard InChI is InChI=1S/C9H11N3/c1-5-6(2)9(10)12-7(3)8(5)11-4/h1-3H3,(H2,10,12). The highest BCUT2D eigenvalue weighted by Gasteiger charge is 2.08. The van der Waals surface area contributed by atoms with Crippen molar-refractivity contribution in [1.29, 1.82) is 0 Å². The van der Waals surface area contributed by atoms with Crippen molar-refractivity contribution in [3.8, 4) is 0 Å². The Morgan fingerprint density at radius 3 is 2.33 bits per heavy atom. The summed E-state index contributed by atoms with van der Waals surface area (Å²) in [5.74, 6) is 0.525. The lowest BCUT2D eigenvalue weighted by Gasteiger charge is -2.07. The van der Waals surface area contributed by atoms with E-state index in [4.69, 9.17) is 12.3 Å². The molecule has 0 radical (unpaired) electrons. The molecule has 0 unspecified atom stereocenters. The Balaban J connectivity index is 3.54. The van der Waals surface area contributed by atoms with Crippen LogP contribution in [0.2, 0.25) is 0 Å². The van der Waals surface area contributed by atoms with Gasteiger partial charge >= 0.3 is 0 Å². The summed E-state index contributed by atoms with van der Waals surface area (Å²) in [7, 11) is 0. The predicted octanol–water partition coefficient (Wildman–Crippen LogP) is 2.14. The maximum absolute atomic E-state index is 6.94. The molecule has 2 N–H and O–H groups in total. The van der Waals surface area contributed by atoms with Crippen LogP contribution in [0.3, 0.4) is 0 Å². The van der Waals surface area contributed by atoms with E-state index in [0.29, 0.717) is 17.2 Å². The zero-order valence-corrected chi connectivity index (χ0v) is 7.47. The first-order valence-electron chi connectivity index (χ1n) is 3.68. The molecule has 3 heteroatoms. The fourth-order valence-corrected chi connectivity index (χ4v) is 1.12. The molecule has 0 amide bonds. The minimum absolute atomic E-state index is 0.525. The number of nitrogens with zero attached hydrogens (tertiary/aromatic N) is 2. The van der Waals surface area contributed by atoms with Crippen molar-refractivity contribution in [2.45, 2.75) is 20.8 Å². The summed E-state index contributed by atoms with van der Waals surface area (Å²) < 4.78 is 0. The largest absolute Gasteiger partial charge is 0.384 e. The highest BCUT2D eigenvalue weighted by atomic mass is 14.9. The smallest absolute Gasteiger partial charge is 0.211 e. The third kappa shape index (κ3) is 1.12. The Kier molecular flexibility index (Phi) is 2.01. The van der Waals surface area contributed by atoms with Crippen LogP contribution < -0.4 is 5.73 Å². The van der Waals surface area contributed by atoms with Gasteiger partial charge in [0.25, 0.3) is 0 Å². The molecule has 1 aromatic heterocycles. The summed E-state index contributed by atoms with van der Waals surface area (Å²) in [6.45, 7) is 12.5. The van der Waals surface area contributed by atoms with Crippen LogP contribution in [0, 0.1) is 27.3 Å². The van der Waals surface area contributed by atoms with Gasteiger partial charge < -0.3 is 5.73 Å². The molecule has 0 aromatic carbocycles. The third-order valence-corrected chi connectivity index (χ3v) is 2.04. The molecule has 0 aliphatic carbocycles. The van der Waals surface area contributed by atoms with Gasteiger partial charge in [-0.25, -0.2) is 9.83 Å². The first-order valence-corrected chi connectivity index (χ1v) is 3.68. The van der Waals surface area contributed by atoms with E-state index in [1.165, 1.54) is 0 Å². The van der Waals surface area contributed by atoms with Crippen molar-refractivity contribution in [3.05, 3.63) is 28.2 Å². The molecule has 62 valence electrons. The van der Waals surface area contributed by atoms with Crippen LogP contribution in [0.1, 0.15) is 16.8 Å². The van der Waals surface area contributed by atoms with Crippen LogP contribution in [0.15, 0.2) is 0 Å². The van der Waals surface area contributed by atoms with Gasteiger partial charge in [0.15, 0.2) is 0 Å². The first-order chi connectivity index (χ1) is 5.57. The Hall–Kier alpha value is -1.56. The number of anilines is 1. The molecule has 12 heavy (non-hydrogen) atoms. The summed E-state index contributed by atoms with van der Waals surface area (Å²) in [6.07, 6.45) is 0. The quantitative estimate of drug-likeness (QED) is 0.592.